The topological polar surface area (TPSA) is 70.4 Å². The van der Waals surface area contributed by atoms with Crippen LogP contribution < -0.4 is 0 Å². The first-order valence-electron chi connectivity index (χ1n) is 4.93. The molecule has 0 radical (unpaired) electrons. The summed E-state index contributed by atoms with van der Waals surface area (Å²) in [6.07, 6.45) is 1.62. The van der Waals surface area contributed by atoms with E-state index in [4.69, 9.17) is 10.00 Å². The number of nitriles is 1. The largest absolute Gasteiger partial charge is 0.380 e. The van der Waals surface area contributed by atoms with Crippen molar-refractivity contribution in [3.05, 3.63) is 0 Å². The summed E-state index contributed by atoms with van der Waals surface area (Å²) in [5.41, 5.74) is 0. The molecule has 0 aliphatic carbocycles. The van der Waals surface area contributed by atoms with Gasteiger partial charge in [-0.3, -0.25) is 0 Å². The minimum Gasteiger partial charge on any atom is -0.380 e. The highest BCUT2D eigenvalue weighted by Gasteiger charge is 2.32. The van der Waals surface area contributed by atoms with E-state index in [9.17, 15) is 8.42 Å². The second kappa shape index (κ2) is 4.92. The van der Waals surface area contributed by atoms with Crippen molar-refractivity contribution >= 4 is 10.0 Å². The molecule has 0 saturated carbocycles. The average Bonchev–Trinajstić information content (AvgIpc) is 2.27. The number of hydrogen-bond acceptors (Lipinski definition) is 4. The molecule has 0 spiro atoms. The van der Waals surface area contributed by atoms with Gasteiger partial charge in [0.2, 0.25) is 10.0 Å². The number of hydrogen-bond donors (Lipinski definition) is 0. The lowest BCUT2D eigenvalue weighted by molar-refractivity contribution is 0.0571. The van der Waals surface area contributed by atoms with E-state index in [1.165, 1.54) is 11.2 Å². The maximum Gasteiger partial charge on any atom is 0.230 e. The minimum atomic E-state index is -3.46. The Kier molecular flexibility index (Phi) is 4.08. The van der Waals surface area contributed by atoms with E-state index in [-0.39, 0.29) is 6.10 Å². The summed E-state index contributed by atoms with van der Waals surface area (Å²) >= 11 is 0. The number of piperidine rings is 1. The summed E-state index contributed by atoms with van der Waals surface area (Å²) in [5.74, 6) is 0. The van der Waals surface area contributed by atoms with Crippen LogP contribution in [-0.4, -0.2) is 44.3 Å². The summed E-state index contributed by atoms with van der Waals surface area (Å²) in [7, 11) is -1.89. The molecule has 1 rings (SSSR count). The third-order valence-corrected chi connectivity index (χ3v) is 4.71. The van der Waals surface area contributed by atoms with Gasteiger partial charge in [-0.25, -0.2) is 8.42 Å². The molecule has 2 unspecified atom stereocenters. The van der Waals surface area contributed by atoms with E-state index in [0.717, 1.165) is 12.8 Å². The van der Waals surface area contributed by atoms with Gasteiger partial charge < -0.3 is 4.74 Å². The third kappa shape index (κ3) is 2.68. The van der Waals surface area contributed by atoms with Gasteiger partial charge in [-0.15, -0.1) is 0 Å². The SMILES string of the molecule is COC1CCCN(S(=O)(=O)C(C)C#N)C1. The lowest BCUT2D eigenvalue weighted by atomic mass is 10.1. The quantitative estimate of drug-likeness (QED) is 0.703. The first-order chi connectivity index (χ1) is 7.02. The fourth-order valence-electron chi connectivity index (χ4n) is 1.62. The van der Waals surface area contributed by atoms with E-state index >= 15 is 0 Å². The maximum absolute atomic E-state index is 11.8. The van der Waals surface area contributed by atoms with Crippen molar-refractivity contribution in [1.82, 2.24) is 4.31 Å². The summed E-state index contributed by atoms with van der Waals surface area (Å²) < 4.78 is 30.2. The molecule has 0 N–H and O–H groups in total. The number of methoxy groups -OCH3 is 1. The van der Waals surface area contributed by atoms with Crippen LogP contribution in [0.25, 0.3) is 0 Å². The van der Waals surface area contributed by atoms with E-state index < -0.39 is 15.3 Å². The Labute approximate surface area is 90.7 Å². The Morgan fingerprint density at radius 1 is 1.60 bits per heavy atom. The zero-order valence-corrected chi connectivity index (χ0v) is 9.83. The molecule has 86 valence electrons. The first-order valence-corrected chi connectivity index (χ1v) is 6.44. The molecule has 0 aromatic carbocycles. The molecule has 1 saturated heterocycles. The van der Waals surface area contributed by atoms with Crippen LogP contribution in [-0.2, 0) is 14.8 Å². The molecule has 15 heavy (non-hydrogen) atoms. The minimum absolute atomic E-state index is 0.0422. The molecule has 1 aliphatic rings. The number of sulfonamides is 1. The Balaban J connectivity index is 2.76. The van der Waals surface area contributed by atoms with Crippen LogP contribution in [0, 0.1) is 11.3 Å². The van der Waals surface area contributed by atoms with E-state index in [0.29, 0.717) is 13.1 Å². The highest BCUT2D eigenvalue weighted by molar-refractivity contribution is 7.89. The molecular weight excluding hydrogens is 216 g/mol. The van der Waals surface area contributed by atoms with Crippen LogP contribution in [0.1, 0.15) is 19.8 Å². The lowest BCUT2D eigenvalue weighted by Gasteiger charge is -2.31. The summed E-state index contributed by atoms with van der Waals surface area (Å²) in [6, 6.07) is 1.76. The molecule has 0 aromatic rings. The van der Waals surface area contributed by atoms with Gasteiger partial charge in [0, 0.05) is 20.2 Å². The van der Waals surface area contributed by atoms with Crippen LogP contribution in [0.2, 0.25) is 0 Å². The van der Waals surface area contributed by atoms with Gasteiger partial charge in [0.05, 0.1) is 12.2 Å². The van der Waals surface area contributed by atoms with E-state index in [2.05, 4.69) is 0 Å². The van der Waals surface area contributed by atoms with Crippen LogP contribution in [0.15, 0.2) is 0 Å². The van der Waals surface area contributed by atoms with Gasteiger partial charge >= 0.3 is 0 Å². The van der Waals surface area contributed by atoms with Crippen molar-refractivity contribution in [2.24, 2.45) is 0 Å². The maximum atomic E-state index is 11.8. The first kappa shape index (κ1) is 12.4. The smallest absolute Gasteiger partial charge is 0.230 e. The molecule has 5 nitrogen and oxygen atoms in total. The zero-order valence-electron chi connectivity index (χ0n) is 9.01. The van der Waals surface area contributed by atoms with Gasteiger partial charge in [-0.1, -0.05) is 0 Å². The third-order valence-electron chi connectivity index (χ3n) is 2.66. The zero-order chi connectivity index (χ0) is 11.5. The number of nitrogens with zero attached hydrogens (tertiary/aromatic N) is 2. The Morgan fingerprint density at radius 3 is 2.80 bits per heavy atom. The van der Waals surface area contributed by atoms with Crippen molar-refractivity contribution in [2.45, 2.75) is 31.1 Å². The van der Waals surface area contributed by atoms with Gasteiger partial charge in [-0.05, 0) is 19.8 Å². The van der Waals surface area contributed by atoms with E-state index in [1.54, 1.807) is 13.2 Å². The monoisotopic (exact) mass is 232 g/mol. The Bertz CT molecular complexity index is 347. The molecule has 0 amide bonds. The number of ether oxygens (including phenoxy) is 1. The molecule has 0 aromatic heterocycles. The van der Waals surface area contributed by atoms with Crippen molar-refractivity contribution in [3.63, 3.8) is 0 Å². The van der Waals surface area contributed by atoms with Gasteiger partial charge in [0.15, 0.2) is 5.25 Å². The molecule has 2 atom stereocenters. The lowest BCUT2D eigenvalue weighted by Crippen LogP contribution is -2.45. The van der Waals surface area contributed by atoms with Crippen LogP contribution >= 0.6 is 0 Å². The average molecular weight is 232 g/mol. The van der Waals surface area contributed by atoms with Crippen LogP contribution in [0.4, 0.5) is 0 Å². The molecular formula is C9H16N2O3S. The molecule has 6 heteroatoms. The van der Waals surface area contributed by atoms with Gasteiger partial charge in [-0.2, -0.15) is 9.57 Å². The van der Waals surface area contributed by atoms with Gasteiger partial charge in [0.25, 0.3) is 0 Å². The summed E-state index contributed by atoms with van der Waals surface area (Å²) in [5, 5.41) is 7.66. The predicted octanol–water partition coefficient (Wildman–Crippen LogP) is 0.339. The predicted molar refractivity (Wildman–Crippen MR) is 55.6 cm³/mol. The highest BCUT2D eigenvalue weighted by atomic mass is 32.2. The van der Waals surface area contributed by atoms with Crippen molar-refractivity contribution < 1.29 is 13.2 Å². The fraction of sp³-hybridized carbons (Fsp3) is 0.889. The van der Waals surface area contributed by atoms with Crippen molar-refractivity contribution in [3.8, 4) is 6.07 Å². The second-order valence-electron chi connectivity index (χ2n) is 3.67. The normalized spacial score (nSPS) is 25.8. The molecule has 1 heterocycles. The fourth-order valence-corrected chi connectivity index (χ4v) is 2.96. The van der Waals surface area contributed by atoms with Crippen LogP contribution in [0.5, 0.6) is 0 Å². The molecule has 0 bridgehead atoms. The van der Waals surface area contributed by atoms with Crippen molar-refractivity contribution in [1.29, 1.82) is 5.26 Å². The standard InChI is InChI=1S/C9H16N2O3S/c1-8(6-10)15(12,13)11-5-3-4-9(7-11)14-2/h8-9H,3-5,7H2,1-2H3. The highest BCUT2D eigenvalue weighted by Crippen LogP contribution is 2.18. The Morgan fingerprint density at radius 2 is 2.27 bits per heavy atom. The summed E-state index contributed by atoms with van der Waals surface area (Å²) in [4.78, 5) is 0. The van der Waals surface area contributed by atoms with Crippen LogP contribution in [0.3, 0.4) is 0 Å². The molecule has 1 fully saturated rings. The summed E-state index contributed by atoms with van der Waals surface area (Å²) in [6.45, 7) is 2.27. The number of rotatable bonds is 3. The molecule has 1 aliphatic heterocycles. The van der Waals surface area contributed by atoms with Gasteiger partial charge in [0.1, 0.15) is 0 Å². The van der Waals surface area contributed by atoms with E-state index in [1.807, 2.05) is 0 Å². The second-order valence-corrected chi connectivity index (χ2v) is 5.93. The van der Waals surface area contributed by atoms with Crippen molar-refractivity contribution in [2.75, 3.05) is 20.2 Å². The Hall–Kier alpha value is -0.640.